The first-order valence-corrected chi connectivity index (χ1v) is 13.5. The van der Waals surface area contributed by atoms with Gasteiger partial charge in [0.2, 0.25) is 11.8 Å². The molecule has 19 heteroatoms. The molecule has 0 aromatic heterocycles. The molecule has 0 radical (unpaired) electrons. The lowest BCUT2D eigenvalue weighted by Gasteiger charge is -2.25. The zero-order chi connectivity index (χ0) is 32.6. The third-order valence-electron chi connectivity index (χ3n) is 6.24. The largest absolute Gasteiger partial charge is 0.367 e. The maximum atomic E-state index is 13.2. The summed E-state index contributed by atoms with van der Waals surface area (Å²) in [6.07, 6.45) is -1.20. The van der Waals surface area contributed by atoms with E-state index in [1.165, 1.54) is 0 Å². The zero-order valence-electron chi connectivity index (χ0n) is 24.1. The van der Waals surface area contributed by atoms with E-state index in [1.54, 1.807) is 14.0 Å². The molecule has 0 heterocycles. The summed E-state index contributed by atoms with van der Waals surface area (Å²) in [4.78, 5) is 76.4. The van der Waals surface area contributed by atoms with Gasteiger partial charge in [-0.05, 0) is 52.7 Å². The Morgan fingerprint density at radius 3 is 1.48 bits per heavy atom. The molecule has 242 valence electrons. The fourth-order valence-electron chi connectivity index (χ4n) is 3.56. The number of carbonyl (C=O) groups excluding carboxylic acids is 6. The normalized spacial score (nSPS) is 15.8. The molecule has 3 amide bonds. The molecule has 0 aliphatic rings. The lowest BCUT2D eigenvalue weighted by molar-refractivity contribution is -0.140. The van der Waals surface area contributed by atoms with Crippen LogP contribution in [0.2, 0.25) is 0 Å². The first-order chi connectivity index (χ1) is 19.5. The van der Waals surface area contributed by atoms with Crippen molar-refractivity contribution in [3.63, 3.8) is 0 Å². The summed E-state index contributed by atoms with van der Waals surface area (Å²) < 4.78 is 0. The number of ketones is 3. The van der Waals surface area contributed by atoms with Crippen molar-refractivity contribution in [2.24, 2.45) is 45.9 Å². The van der Waals surface area contributed by atoms with Gasteiger partial charge in [-0.2, -0.15) is 0 Å². The molecule has 0 saturated heterocycles. The summed E-state index contributed by atoms with van der Waals surface area (Å²) >= 11 is 0. The molecular weight excluding hydrogens is 554 g/mol. The number of rotatable bonds is 23. The Kier molecular flexibility index (Phi) is 18.6. The minimum absolute atomic E-state index is 0.0476. The molecule has 19 nitrogen and oxygen atoms in total. The molecule has 0 aliphatic carbocycles. The Morgan fingerprint density at radius 2 is 1.07 bits per heavy atom. The molecule has 0 aromatic rings. The van der Waals surface area contributed by atoms with Gasteiger partial charge in [-0.25, -0.2) is 0 Å². The molecule has 0 spiro atoms. The fourth-order valence-corrected chi connectivity index (χ4v) is 3.56. The van der Waals surface area contributed by atoms with Gasteiger partial charge >= 0.3 is 0 Å². The van der Waals surface area contributed by atoms with E-state index in [4.69, 9.17) is 45.9 Å². The number of primary amides is 1. The van der Waals surface area contributed by atoms with Gasteiger partial charge < -0.3 is 61.8 Å². The number of nitrogens with two attached hydrogens (primary N) is 8. The van der Waals surface area contributed by atoms with Crippen molar-refractivity contribution in [3.8, 4) is 0 Å². The standard InChI is InChI=1S/C23H49N13O6/c1-10(32-2)14(37)9-13(26)20(41)36-16(18(39)12(25)6-4-8-34-23(30)31)21(42)35-15(19(27)40)17(38)11(24)5-3-7-33-22(28)29/h10-13,15-16,22-23,32-34H,3-9,24-26,28-31H2,1-2H3,(H2,27,40)(H,35,42)(H,36,41)/t10-,11-,12-,13?,15?,16?/m0/s1. The minimum Gasteiger partial charge on any atom is -0.367 e. The Balaban J connectivity index is 5.77. The molecule has 0 fully saturated rings. The summed E-state index contributed by atoms with van der Waals surface area (Å²) in [5.74, 6) is -5.81. The number of amides is 3. The van der Waals surface area contributed by atoms with Crippen LogP contribution in [0, 0.1) is 0 Å². The number of nitrogens with one attached hydrogen (secondary N) is 5. The van der Waals surface area contributed by atoms with Crippen LogP contribution in [-0.4, -0.2) is 104 Å². The quantitative estimate of drug-likeness (QED) is 0.0293. The molecule has 0 aliphatic heterocycles. The van der Waals surface area contributed by atoms with Crippen LogP contribution in [0.4, 0.5) is 0 Å². The SMILES string of the molecule is CN[C@@H](C)C(=O)CC(N)C(=O)NC(C(=O)NC(C(N)=O)C(=O)[C@@H](N)CCCNC(N)N)C(=O)[C@@H](N)CCCNC(N)N. The van der Waals surface area contributed by atoms with Gasteiger partial charge in [0.05, 0.1) is 24.2 Å². The van der Waals surface area contributed by atoms with E-state index in [2.05, 4.69) is 26.6 Å². The van der Waals surface area contributed by atoms with Gasteiger partial charge in [0.1, 0.15) is 12.6 Å². The fraction of sp³-hybridized carbons (Fsp3) is 0.739. The van der Waals surface area contributed by atoms with Gasteiger partial charge in [0, 0.05) is 6.42 Å². The third-order valence-corrected chi connectivity index (χ3v) is 6.24. The molecular formula is C23H49N13O6. The van der Waals surface area contributed by atoms with Crippen molar-refractivity contribution in [1.82, 2.24) is 26.6 Å². The lowest BCUT2D eigenvalue weighted by Crippen LogP contribution is -2.63. The summed E-state index contributed by atoms with van der Waals surface area (Å²) in [6.45, 7) is 2.17. The van der Waals surface area contributed by atoms with Crippen LogP contribution in [0.3, 0.4) is 0 Å². The predicted octanol–water partition coefficient (Wildman–Crippen LogP) is -7.73. The molecule has 3 unspecified atom stereocenters. The second-order valence-corrected chi connectivity index (χ2v) is 9.83. The molecule has 6 atom stereocenters. The maximum Gasteiger partial charge on any atom is 0.251 e. The Labute approximate surface area is 244 Å². The first-order valence-electron chi connectivity index (χ1n) is 13.5. The Hall–Kier alpha value is -2.98. The van der Waals surface area contributed by atoms with Crippen LogP contribution in [-0.2, 0) is 28.8 Å². The smallest absolute Gasteiger partial charge is 0.251 e. The molecule has 21 N–H and O–H groups in total. The van der Waals surface area contributed by atoms with E-state index >= 15 is 0 Å². The topological polar surface area (TPSA) is 371 Å². The van der Waals surface area contributed by atoms with E-state index in [1.807, 2.05) is 0 Å². The Morgan fingerprint density at radius 1 is 0.643 bits per heavy atom. The molecule has 42 heavy (non-hydrogen) atoms. The van der Waals surface area contributed by atoms with Crippen LogP contribution in [0.15, 0.2) is 0 Å². The average Bonchev–Trinajstić information content (AvgIpc) is 2.92. The van der Waals surface area contributed by atoms with Crippen LogP contribution >= 0.6 is 0 Å². The highest BCUT2D eigenvalue weighted by Crippen LogP contribution is 2.05. The van der Waals surface area contributed by atoms with Crippen molar-refractivity contribution in [3.05, 3.63) is 0 Å². The van der Waals surface area contributed by atoms with E-state index in [9.17, 15) is 28.8 Å². The van der Waals surface area contributed by atoms with Gasteiger partial charge in [-0.1, -0.05) is 0 Å². The van der Waals surface area contributed by atoms with Crippen LogP contribution < -0.4 is 72.5 Å². The van der Waals surface area contributed by atoms with Crippen molar-refractivity contribution >= 4 is 35.1 Å². The average molecular weight is 604 g/mol. The van der Waals surface area contributed by atoms with Crippen molar-refractivity contribution in [1.29, 1.82) is 0 Å². The van der Waals surface area contributed by atoms with Crippen LogP contribution in [0.1, 0.15) is 39.0 Å². The van der Waals surface area contributed by atoms with Gasteiger partial charge in [0.25, 0.3) is 5.91 Å². The number of likely N-dealkylation sites (N-methyl/N-ethyl adjacent to an activating group) is 1. The van der Waals surface area contributed by atoms with Crippen molar-refractivity contribution in [2.75, 3.05) is 20.1 Å². The second kappa shape index (κ2) is 20.0. The van der Waals surface area contributed by atoms with E-state index in [-0.39, 0.29) is 12.8 Å². The molecule has 0 aromatic carbocycles. The maximum absolute atomic E-state index is 13.2. The molecule has 0 saturated carbocycles. The number of hydrogen-bond acceptors (Lipinski definition) is 16. The minimum atomic E-state index is -1.98. The highest BCUT2D eigenvalue weighted by atomic mass is 16.2. The lowest BCUT2D eigenvalue weighted by atomic mass is 9.97. The molecule has 0 bridgehead atoms. The van der Waals surface area contributed by atoms with E-state index < -0.39 is 90.3 Å². The summed E-state index contributed by atoms with van der Waals surface area (Å²) in [7, 11) is 1.54. The predicted molar refractivity (Wildman–Crippen MR) is 154 cm³/mol. The summed E-state index contributed by atoms with van der Waals surface area (Å²) in [6, 6.07) is -8.45. The number of hydrogen-bond donors (Lipinski definition) is 13. The first kappa shape index (κ1) is 39.0. The van der Waals surface area contributed by atoms with Gasteiger partial charge in [-0.15, -0.1) is 0 Å². The van der Waals surface area contributed by atoms with Crippen LogP contribution in [0.25, 0.3) is 0 Å². The van der Waals surface area contributed by atoms with Crippen LogP contribution in [0.5, 0.6) is 0 Å². The second-order valence-electron chi connectivity index (χ2n) is 9.83. The van der Waals surface area contributed by atoms with Gasteiger partial charge in [0.15, 0.2) is 29.4 Å². The number of carbonyl (C=O) groups is 6. The van der Waals surface area contributed by atoms with E-state index in [0.29, 0.717) is 25.9 Å². The van der Waals surface area contributed by atoms with Crippen molar-refractivity contribution in [2.45, 2.75) is 87.9 Å². The highest BCUT2D eigenvalue weighted by Gasteiger charge is 2.38. The van der Waals surface area contributed by atoms with Crippen molar-refractivity contribution < 1.29 is 28.8 Å². The zero-order valence-corrected chi connectivity index (χ0v) is 24.1. The summed E-state index contributed by atoms with van der Waals surface area (Å²) in [5.41, 5.74) is 44.6. The molecule has 0 rings (SSSR count). The van der Waals surface area contributed by atoms with Gasteiger partial charge in [-0.3, -0.25) is 39.4 Å². The summed E-state index contributed by atoms with van der Waals surface area (Å²) in [5, 5.41) is 12.4. The number of Topliss-reactive ketones (excluding diaryl/α,β-unsaturated/α-hetero) is 3. The Bertz CT molecular complexity index is 919. The monoisotopic (exact) mass is 603 g/mol. The van der Waals surface area contributed by atoms with E-state index in [0.717, 1.165) is 0 Å². The third kappa shape index (κ3) is 14.8. The highest BCUT2D eigenvalue weighted by molar-refractivity contribution is 6.14.